The molecule has 1 heteroatoms. The number of hydrogen-bond donors (Lipinski definition) is 1. The largest absolute Gasteiger partial charge is 0.380 e. The molecular formula is C17H29N. The summed E-state index contributed by atoms with van der Waals surface area (Å²) < 4.78 is 0. The summed E-state index contributed by atoms with van der Waals surface area (Å²) in [4.78, 5) is 0. The molecule has 0 bridgehead atoms. The van der Waals surface area contributed by atoms with E-state index in [1.807, 2.05) is 0 Å². The lowest BCUT2D eigenvalue weighted by Crippen LogP contribution is -2.31. The van der Waals surface area contributed by atoms with Crippen LogP contribution in [0, 0.1) is 0 Å². The van der Waals surface area contributed by atoms with Gasteiger partial charge in [-0.3, -0.25) is 0 Å². The molecule has 18 heavy (non-hydrogen) atoms. The van der Waals surface area contributed by atoms with E-state index in [2.05, 4.69) is 72.0 Å². The Morgan fingerprint density at radius 2 is 1.44 bits per heavy atom. The average molecular weight is 247 g/mol. The molecule has 0 saturated carbocycles. The van der Waals surface area contributed by atoms with Gasteiger partial charge in [0.2, 0.25) is 0 Å². The van der Waals surface area contributed by atoms with E-state index in [1.54, 1.807) is 0 Å². The van der Waals surface area contributed by atoms with Crippen molar-refractivity contribution in [1.82, 2.24) is 0 Å². The van der Waals surface area contributed by atoms with Crippen LogP contribution in [-0.2, 0) is 0 Å². The molecule has 0 aromatic heterocycles. The van der Waals surface area contributed by atoms with Gasteiger partial charge >= 0.3 is 0 Å². The van der Waals surface area contributed by atoms with Gasteiger partial charge in [-0.2, -0.15) is 0 Å². The Kier molecular flexibility index (Phi) is 4.84. The highest BCUT2D eigenvalue weighted by atomic mass is 15.0. The Morgan fingerprint density at radius 1 is 1.00 bits per heavy atom. The molecule has 1 nitrogen and oxygen atoms in total. The topological polar surface area (TPSA) is 12.0 Å². The summed E-state index contributed by atoms with van der Waals surface area (Å²) in [6.45, 7) is 15.8. The van der Waals surface area contributed by atoms with Crippen molar-refractivity contribution in [2.45, 2.75) is 72.3 Å². The maximum atomic E-state index is 3.77. The fraction of sp³-hybridized carbons (Fsp3) is 0.647. The summed E-state index contributed by atoms with van der Waals surface area (Å²) in [6, 6.07) is 6.70. The lowest BCUT2D eigenvalue weighted by atomic mass is 9.90. The predicted molar refractivity (Wildman–Crippen MR) is 82.6 cm³/mol. The number of rotatable bonds is 5. The van der Waals surface area contributed by atoms with Crippen LogP contribution in [0.3, 0.4) is 0 Å². The predicted octanol–water partition coefficient (Wildman–Crippen LogP) is 5.53. The monoisotopic (exact) mass is 247 g/mol. The second-order valence-corrected chi connectivity index (χ2v) is 6.48. The Bertz CT molecular complexity index is 362. The summed E-state index contributed by atoms with van der Waals surface area (Å²) in [7, 11) is 0. The molecule has 0 radical (unpaired) electrons. The van der Waals surface area contributed by atoms with Crippen molar-refractivity contribution in [2.24, 2.45) is 0 Å². The van der Waals surface area contributed by atoms with Gasteiger partial charge in [0, 0.05) is 11.2 Å². The van der Waals surface area contributed by atoms with E-state index in [4.69, 9.17) is 0 Å². The van der Waals surface area contributed by atoms with Crippen LogP contribution >= 0.6 is 0 Å². The summed E-state index contributed by atoms with van der Waals surface area (Å²) in [6.07, 6.45) is 1.12. The fourth-order valence-corrected chi connectivity index (χ4v) is 2.12. The fourth-order valence-electron chi connectivity index (χ4n) is 2.12. The van der Waals surface area contributed by atoms with Crippen LogP contribution in [0.25, 0.3) is 0 Å². The first-order valence-corrected chi connectivity index (χ1v) is 7.19. The third kappa shape index (κ3) is 3.51. The second kappa shape index (κ2) is 5.77. The van der Waals surface area contributed by atoms with E-state index in [0.717, 1.165) is 6.42 Å². The zero-order valence-corrected chi connectivity index (χ0v) is 13.1. The van der Waals surface area contributed by atoms with E-state index in [9.17, 15) is 0 Å². The van der Waals surface area contributed by atoms with Crippen LogP contribution < -0.4 is 5.32 Å². The molecule has 1 N–H and O–H groups in total. The summed E-state index contributed by atoms with van der Waals surface area (Å²) in [5.74, 6) is 1.11. The molecule has 0 saturated heterocycles. The Morgan fingerprint density at radius 3 is 1.78 bits per heavy atom. The van der Waals surface area contributed by atoms with Crippen LogP contribution in [0.4, 0.5) is 5.69 Å². The number of para-hydroxylation sites is 1. The van der Waals surface area contributed by atoms with Crippen LogP contribution in [0.2, 0.25) is 0 Å². The quantitative estimate of drug-likeness (QED) is 0.721. The molecule has 0 aliphatic rings. The Hall–Kier alpha value is -0.980. The van der Waals surface area contributed by atoms with Crippen molar-refractivity contribution >= 4 is 5.69 Å². The minimum absolute atomic E-state index is 0.147. The van der Waals surface area contributed by atoms with Crippen molar-refractivity contribution in [3.8, 4) is 0 Å². The van der Waals surface area contributed by atoms with Crippen molar-refractivity contribution in [3.05, 3.63) is 29.3 Å². The molecule has 0 spiro atoms. The third-order valence-corrected chi connectivity index (χ3v) is 3.72. The summed E-state index contributed by atoms with van der Waals surface area (Å²) >= 11 is 0. The van der Waals surface area contributed by atoms with Gasteiger partial charge in [-0.15, -0.1) is 0 Å². The highest BCUT2D eigenvalue weighted by molar-refractivity contribution is 5.61. The molecule has 0 unspecified atom stereocenters. The van der Waals surface area contributed by atoms with E-state index in [0.29, 0.717) is 11.8 Å². The normalized spacial score (nSPS) is 12.3. The SMILES string of the molecule is CCC(C)(C)Nc1c(C(C)C)cccc1C(C)C. The molecule has 102 valence electrons. The van der Waals surface area contributed by atoms with Gasteiger partial charge in [0.25, 0.3) is 0 Å². The van der Waals surface area contributed by atoms with Crippen LogP contribution in [0.1, 0.15) is 77.8 Å². The van der Waals surface area contributed by atoms with Gasteiger partial charge in [0.05, 0.1) is 0 Å². The van der Waals surface area contributed by atoms with E-state index in [-0.39, 0.29) is 5.54 Å². The minimum Gasteiger partial charge on any atom is -0.380 e. The average Bonchev–Trinajstić information content (AvgIpc) is 2.28. The smallest absolute Gasteiger partial charge is 0.0414 e. The molecule has 0 amide bonds. The van der Waals surface area contributed by atoms with Crippen molar-refractivity contribution in [2.75, 3.05) is 5.32 Å². The first-order valence-electron chi connectivity index (χ1n) is 7.19. The first kappa shape index (κ1) is 15.1. The van der Waals surface area contributed by atoms with Crippen molar-refractivity contribution < 1.29 is 0 Å². The highest BCUT2D eigenvalue weighted by Gasteiger charge is 2.20. The molecular weight excluding hydrogens is 218 g/mol. The molecule has 0 heterocycles. The second-order valence-electron chi connectivity index (χ2n) is 6.48. The Balaban J connectivity index is 3.27. The van der Waals surface area contributed by atoms with Gasteiger partial charge in [-0.1, -0.05) is 52.8 Å². The zero-order valence-electron chi connectivity index (χ0n) is 13.1. The van der Waals surface area contributed by atoms with Crippen LogP contribution in [0.5, 0.6) is 0 Å². The van der Waals surface area contributed by atoms with Crippen molar-refractivity contribution in [3.63, 3.8) is 0 Å². The highest BCUT2D eigenvalue weighted by Crippen LogP contribution is 2.34. The number of hydrogen-bond acceptors (Lipinski definition) is 1. The Labute approximate surface area is 113 Å². The molecule has 1 aromatic rings. The molecule has 0 atom stereocenters. The van der Waals surface area contributed by atoms with E-state index in [1.165, 1.54) is 16.8 Å². The van der Waals surface area contributed by atoms with Crippen LogP contribution in [-0.4, -0.2) is 5.54 Å². The maximum absolute atomic E-state index is 3.77. The van der Waals surface area contributed by atoms with Gasteiger partial charge in [-0.25, -0.2) is 0 Å². The van der Waals surface area contributed by atoms with Gasteiger partial charge < -0.3 is 5.32 Å². The number of nitrogens with one attached hydrogen (secondary N) is 1. The lowest BCUT2D eigenvalue weighted by Gasteiger charge is -2.31. The molecule has 0 aliphatic carbocycles. The molecule has 1 rings (SSSR count). The van der Waals surface area contributed by atoms with E-state index >= 15 is 0 Å². The summed E-state index contributed by atoms with van der Waals surface area (Å²) in [5.41, 5.74) is 4.37. The molecule has 0 fully saturated rings. The van der Waals surface area contributed by atoms with Crippen LogP contribution in [0.15, 0.2) is 18.2 Å². The van der Waals surface area contributed by atoms with Crippen molar-refractivity contribution in [1.29, 1.82) is 0 Å². The maximum Gasteiger partial charge on any atom is 0.0414 e. The molecule has 1 aromatic carbocycles. The first-order chi connectivity index (χ1) is 8.28. The molecule has 0 aliphatic heterocycles. The third-order valence-electron chi connectivity index (χ3n) is 3.72. The summed E-state index contributed by atoms with van der Waals surface area (Å²) in [5, 5.41) is 3.77. The lowest BCUT2D eigenvalue weighted by molar-refractivity contribution is 0.544. The van der Waals surface area contributed by atoms with E-state index < -0.39 is 0 Å². The van der Waals surface area contributed by atoms with Gasteiger partial charge in [-0.05, 0) is 43.2 Å². The van der Waals surface area contributed by atoms with Gasteiger partial charge in [0.15, 0.2) is 0 Å². The number of anilines is 1. The number of benzene rings is 1. The minimum atomic E-state index is 0.147. The zero-order chi connectivity index (χ0) is 13.9. The standard InChI is InChI=1S/C17H29N/c1-8-17(6,7)18-16-14(12(2)3)10-9-11-15(16)13(4)5/h9-13,18H,8H2,1-7H3. The van der Waals surface area contributed by atoms with Gasteiger partial charge in [0.1, 0.15) is 0 Å².